The molecule has 0 bridgehead atoms. The van der Waals surface area contributed by atoms with Crippen molar-refractivity contribution < 1.29 is 4.39 Å². The monoisotopic (exact) mass is 398 g/mol. The Kier molecular flexibility index (Phi) is 5.17. The SMILES string of the molecule is CC(NC(=S)N1CCC(n2c(=O)[nH]c3ccccc32)CC1)c1ccc(F)cc1. The molecule has 0 radical (unpaired) electrons. The smallest absolute Gasteiger partial charge is 0.326 e. The van der Waals surface area contributed by atoms with E-state index in [9.17, 15) is 9.18 Å². The zero-order valence-electron chi connectivity index (χ0n) is 15.7. The maximum absolute atomic E-state index is 13.1. The first-order chi connectivity index (χ1) is 13.5. The molecule has 146 valence electrons. The number of halogens is 1. The van der Waals surface area contributed by atoms with Gasteiger partial charge in [0.05, 0.1) is 17.1 Å². The summed E-state index contributed by atoms with van der Waals surface area (Å²) in [5, 5.41) is 4.03. The number of nitrogens with zero attached hydrogens (tertiary/aromatic N) is 2. The first-order valence-corrected chi connectivity index (χ1v) is 9.94. The average Bonchev–Trinajstić information content (AvgIpc) is 3.04. The maximum atomic E-state index is 13.1. The van der Waals surface area contributed by atoms with E-state index in [0.717, 1.165) is 42.5 Å². The molecule has 1 unspecified atom stereocenters. The number of H-pyrrole nitrogens is 1. The molecule has 1 saturated heterocycles. The molecule has 4 rings (SSSR count). The highest BCUT2D eigenvalue weighted by atomic mass is 32.1. The molecule has 1 aromatic heterocycles. The highest BCUT2D eigenvalue weighted by Crippen LogP contribution is 2.25. The van der Waals surface area contributed by atoms with Gasteiger partial charge in [-0.05, 0) is 61.8 Å². The van der Waals surface area contributed by atoms with E-state index < -0.39 is 0 Å². The largest absolute Gasteiger partial charge is 0.356 e. The molecule has 3 aromatic rings. The molecule has 1 atom stereocenters. The summed E-state index contributed by atoms with van der Waals surface area (Å²) >= 11 is 5.58. The molecule has 0 amide bonds. The van der Waals surface area contributed by atoms with Crippen LogP contribution in [0.5, 0.6) is 0 Å². The molecule has 0 saturated carbocycles. The zero-order chi connectivity index (χ0) is 19.7. The van der Waals surface area contributed by atoms with Crippen LogP contribution in [-0.4, -0.2) is 32.7 Å². The van der Waals surface area contributed by atoms with E-state index in [1.54, 1.807) is 12.1 Å². The average molecular weight is 399 g/mol. The normalized spacial score (nSPS) is 16.3. The zero-order valence-corrected chi connectivity index (χ0v) is 16.5. The van der Waals surface area contributed by atoms with E-state index in [2.05, 4.69) is 15.2 Å². The van der Waals surface area contributed by atoms with Crippen molar-refractivity contribution in [2.24, 2.45) is 0 Å². The number of fused-ring (bicyclic) bond motifs is 1. The quantitative estimate of drug-likeness (QED) is 0.660. The van der Waals surface area contributed by atoms with Gasteiger partial charge >= 0.3 is 5.69 Å². The second-order valence-electron chi connectivity index (χ2n) is 7.26. The Balaban J connectivity index is 1.39. The third-order valence-electron chi connectivity index (χ3n) is 5.45. The highest BCUT2D eigenvalue weighted by Gasteiger charge is 2.25. The summed E-state index contributed by atoms with van der Waals surface area (Å²) in [4.78, 5) is 17.5. The van der Waals surface area contributed by atoms with Gasteiger partial charge in [-0.1, -0.05) is 24.3 Å². The number of aromatic nitrogens is 2. The van der Waals surface area contributed by atoms with Crippen LogP contribution in [0.2, 0.25) is 0 Å². The molecule has 2 heterocycles. The fourth-order valence-corrected chi connectivity index (χ4v) is 4.23. The summed E-state index contributed by atoms with van der Waals surface area (Å²) in [6.45, 7) is 3.59. The van der Waals surface area contributed by atoms with Gasteiger partial charge in [-0.2, -0.15) is 0 Å². The predicted molar refractivity (Wildman–Crippen MR) is 113 cm³/mol. The Labute approximate surface area is 168 Å². The number of hydrogen-bond acceptors (Lipinski definition) is 2. The minimum atomic E-state index is -0.242. The number of aromatic amines is 1. The lowest BCUT2D eigenvalue weighted by molar-refractivity contribution is 0.263. The Bertz CT molecular complexity index is 1030. The van der Waals surface area contributed by atoms with Gasteiger partial charge in [0, 0.05) is 19.1 Å². The van der Waals surface area contributed by atoms with Crippen LogP contribution < -0.4 is 11.0 Å². The van der Waals surface area contributed by atoms with Crippen molar-refractivity contribution in [1.82, 2.24) is 19.8 Å². The third-order valence-corrected chi connectivity index (χ3v) is 5.83. The topological polar surface area (TPSA) is 53.1 Å². The van der Waals surface area contributed by atoms with Crippen LogP contribution >= 0.6 is 12.2 Å². The lowest BCUT2D eigenvalue weighted by atomic mass is 10.0. The lowest BCUT2D eigenvalue weighted by Crippen LogP contribution is -2.45. The Morgan fingerprint density at radius 1 is 1.18 bits per heavy atom. The molecule has 5 nitrogen and oxygen atoms in total. The number of para-hydroxylation sites is 2. The van der Waals surface area contributed by atoms with Crippen molar-refractivity contribution in [3.05, 3.63) is 70.4 Å². The van der Waals surface area contributed by atoms with Crippen LogP contribution in [0.3, 0.4) is 0 Å². The first-order valence-electron chi connectivity index (χ1n) is 9.53. The van der Waals surface area contributed by atoms with Crippen molar-refractivity contribution in [2.45, 2.75) is 31.8 Å². The molecule has 1 fully saturated rings. The van der Waals surface area contributed by atoms with Gasteiger partial charge in [0.1, 0.15) is 5.82 Å². The molecular formula is C21H23FN4OS. The van der Waals surface area contributed by atoms with Crippen molar-refractivity contribution in [3.8, 4) is 0 Å². The maximum Gasteiger partial charge on any atom is 0.326 e. The van der Waals surface area contributed by atoms with Crippen LogP contribution in [0, 0.1) is 5.82 Å². The summed E-state index contributed by atoms with van der Waals surface area (Å²) < 4.78 is 15.0. The first kappa shape index (κ1) is 18.7. The summed E-state index contributed by atoms with van der Waals surface area (Å²) in [6, 6.07) is 14.4. The van der Waals surface area contributed by atoms with Gasteiger partial charge in [-0.3, -0.25) is 4.57 Å². The van der Waals surface area contributed by atoms with Crippen molar-refractivity contribution in [2.75, 3.05) is 13.1 Å². The molecule has 2 N–H and O–H groups in total. The molecule has 7 heteroatoms. The molecule has 0 spiro atoms. The number of nitrogens with one attached hydrogen (secondary N) is 2. The molecule has 1 aliphatic heterocycles. The van der Waals surface area contributed by atoms with E-state index in [-0.39, 0.29) is 23.6 Å². The second kappa shape index (κ2) is 7.75. The number of hydrogen-bond donors (Lipinski definition) is 2. The van der Waals surface area contributed by atoms with E-state index in [1.165, 1.54) is 12.1 Å². The summed E-state index contributed by atoms with van der Waals surface area (Å²) in [5.74, 6) is -0.242. The third kappa shape index (κ3) is 3.67. The van der Waals surface area contributed by atoms with E-state index in [0.29, 0.717) is 5.11 Å². The van der Waals surface area contributed by atoms with Crippen LogP contribution in [0.1, 0.15) is 37.4 Å². The van der Waals surface area contributed by atoms with Gasteiger partial charge in [-0.15, -0.1) is 0 Å². The van der Waals surface area contributed by atoms with E-state index in [1.807, 2.05) is 35.8 Å². The number of piperidine rings is 1. The van der Waals surface area contributed by atoms with Gasteiger partial charge in [-0.25, -0.2) is 9.18 Å². The van der Waals surface area contributed by atoms with Crippen LogP contribution in [-0.2, 0) is 0 Å². The Morgan fingerprint density at radius 3 is 2.57 bits per heavy atom. The standard InChI is InChI=1S/C21H23FN4OS/c1-14(15-6-8-16(22)9-7-15)23-21(28)25-12-10-17(11-13-25)26-19-5-3-2-4-18(19)24-20(26)27/h2-9,14,17H,10-13H2,1H3,(H,23,28)(H,24,27). The van der Waals surface area contributed by atoms with E-state index >= 15 is 0 Å². The number of rotatable bonds is 3. The van der Waals surface area contributed by atoms with Crippen molar-refractivity contribution in [3.63, 3.8) is 0 Å². The fraction of sp³-hybridized carbons (Fsp3) is 0.333. The lowest BCUT2D eigenvalue weighted by Gasteiger charge is -2.35. The summed E-state index contributed by atoms with van der Waals surface area (Å²) in [7, 11) is 0. The van der Waals surface area contributed by atoms with E-state index in [4.69, 9.17) is 12.2 Å². The van der Waals surface area contributed by atoms with Crippen LogP contribution in [0.15, 0.2) is 53.3 Å². The van der Waals surface area contributed by atoms with Crippen LogP contribution in [0.4, 0.5) is 4.39 Å². The molecule has 0 aliphatic carbocycles. The molecule has 1 aliphatic rings. The predicted octanol–water partition coefficient (Wildman–Crippen LogP) is 3.74. The number of thiocarbonyl (C=S) groups is 1. The van der Waals surface area contributed by atoms with Crippen molar-refractivity contribution >= 4 is 28.4 Å². The summed E-state index contributed by atoms with van der Waals surface area (Å²) in [6.07, 6.45) is 1.71. The summed E-state index contributed by atoms with van der Waals surface area (Å²) in [5.41, 5.74) is 2.77. The second-order valence-corrected chi connectivity index (χ2v) is 7.64. The minimum Gasteiger partial charge on any atom is -0.356 e. The van der Waals surface area contributed by atoms with Crippen LogP contribution in [0.25, 0.3) is 11.0 Å². The highest BCUT2D eigenvalue weighted by molar-refractivity contribution is 7.80. The van der Waals surface area contributed by atoms with Gasteiger partial charge in [0.25, 0.3) is 0 Å². The molecular weight excluding hydrogens is 375 g/mol. The Hall–Kier alpha value is -2.67. The number of benzene rings is 2. The van der Waals surface area contributed by atoms with Gasteiger partial charge in [0.15, 0.2) is 5.11 Å². The van der Waals surface area contributed by atoms with Gasteiger partial charge < -0.3 is 15.2 Å². The molecule has 28 heavy (non-hydrogen) atoms. The van der Waals surface area contributed by atoms with Crippen molar-refractivity contribution in [1.29, 1.82) is 0 Å². The number of imidazole rings is 1. The Morgan fingerprint density at radius 2 is 1.86 bits per heavy atom. The molecule has 2 aromatic carbocycles. The number of likely N-dealkylation sites (tertiary alicyclic amines) is 1. The van der Waals surface area contributed by atoms with Gasteiger partial charge in [0.2, 0.25) is 0 Å². The minimum absolute atomic E-state index is 0.00191. The fourth-order valence-electron chi connectivity index (χ4n) is 3.88.